The van der Waals surface area contributed by atoms with Gasteiger partial charge in [0.1, 0.15) is 0 Å². The third-order valence-corrected chi connectivity index (χ3v) is 7.98. The first-order chi connectivity index (χ1) is 16.0. The number of likely N-dealkylation sites (tertiary alicyclic amines) is 1. The highest BCUT2D eigenvalue weighted by molar-refractivity contribution is 7.92. The Hall–Kier alpha value is -3.06. The lowest BCUT2D eigenvalue weighted by atomic mass is 10.1. The van der Waals surface area contributed by atoms with Crippen LogP contribution in [0.2, 0.25) is 0 Å². The Balaban J connectivity index is 1.47. The van der Waals surface area contributed by atoms with Crippen molar-refractivity contribution in [2.75, 3.05) is 35.8 Å². The summed E-state index contributed by atoms with van der Waals surface area (Å²) >= 11 is 0. The van der Waals surface area contributed by atoms with Gasteiger partial charge in [0.05, 0.1) is 10.5 Å². The summed E-state index contributed by atoms with van der Waals surface area (Å²) in [5, 5.41) is 1.85. The number of nitrogens with one attached hydrogen (secondary N) is 1. The average molecular weight is 464 g/mol. The van der Waals surface area contributed by atoms with E-state index in [1.807, 2.05) is 41.3 Å². The molecule has 5 rings (SSSR count). The van der Waals surface area contributed by atoms with Gasteiger partial charge < -0.3 is 9.80 Å². The van der Waals surface area contributed by atoms with Crippen LogP contribution in [0, 0.1) is 0 Å². The van der Waals surface area contributed by atoms with Crippen molar-refractivity contribution in [3.05, 3.63) is 66.2 Å². The molecule has 172 valence electrons. The molecule has 1 N–H and O–H groups in total. The number of hydrogen-bond acceptors (Lipinski definition) is 4. The van der Waals surface area contributed by atoms with E-state index in [2.05, 4.69) is 9.62 Å². The Morgan fingerprint density at radius 2 is 1.45 bits per heavy atom. The van der Waals surface area contributed by atoms with Crippen LogP contribution in [0.5, 0.6) is 0 Å². The second kappa shape index (κ2) is 9.06. The fourth-order valence-corrected chi connectivity index (χ4v) is 5.91. The van der Waals surface area contributed by atoms with Gasteiger partial charge in [0.25, 0.3) is 15.9 Å². The van der Waals surface area contributed by atoms with Crippen molar-refractivity contribution >= 4 is 38.1 Å². The normalized spacial score (nSPS) is 16.8. The van der Waals surface area contributed by atoms with Gasteiger partial charge in [-0.15, -0.1) is 0 Å². The lowest BCUT2D eigenvalue weighted by molar-refractivity contribution is 0.0725. The van der Waals surface area contributed by atoms with Crippen LogP contribution in [0.15, 0.2) is 65.6 Å². The summed E-state index contributed by atoms with van der Waals surface area (Å²) in [4.78, 5) is 17.8. The molecule has 0 atom stereocenters. The predicted molar refractivity (Wildman–Crippen MR) is 132 cm³/mol. The lowest BCUT2D eigenvalue weighted by Crippen LogP contribution is -2.36. The Morgan fingerprint density at radius 3 is 2.21 bits per heavy atom. The number of piperidine rings is 1. The van der Waals surface area contributed by atoms with Crippen LogP contribution in [0.25, 0.3) is 10.8 Å². The molecule has 0 unspecified atom stereocenters. The smallest absolute Gasteiger partial charge is 0.261 e. The molecule has 0 spiro atoms. The highest BCUT2D eigenvalue weighted by Crippen LogP contribution is 2.30. The molecule has 2 saturated heterocycles. The molecule has 0 aromatic heterocycles. The van der Waals surface area contributed by atoms with Crippen molar-refractivity contribution in [2.24, 2.45) is 0 Å². The molecule has 0 radical (unpaired) electrons. The van der Waals surface area contributed by atoms with Crippen LogP contribution < -0.4 is 9.62 Å². The minimum absolute atomic E-state index is 0.0108. The van der Waals surface area contributed by atoms with Crippen molar-refractivity contribution in [3.8, 4) is 0 Å². The zero-order valence-electron chi connectivity index (χ0n) is 18.7. The van der Waals surface area contributed by atoms with Crippen LogP contribution in [0.4, 0.5) is 11.4 Å². The van der Waals surface area contributed by atoms with E-state index < -0.39 is 10.0 Å². The fourth-order valence-electron chi connectivity index (χ4n) is 4.82. The number of carbonyl (C=O) groups is 1. The number of amides is 1. The van der Waals surface area contributed by atoms with Crippen LogP contribution in [0.1, 0.15) is 42.5 Å². The number of anilines is 2. The van der Waals surface area contributed by atoms with E-state index in [9.17, 15) is 13.2 Å². The van der Waals surface area contributed by atoms with E-state index in [4.69, 9.17) is 0 Å². The summed E-state index contributed by atoms with van der Waals surface area (Å²) < 4.78 is 29.0. The summed E-state index contributed by atoms with van der Waals surface area (Å²) in [6.07, 6.45) is 5.38. The maximum Gasteiger partial charge on any atom is 0.261 e. The monoisotopic (exact) mass is 463 g/mol. The van der Waals surface area contributed by atoms with E-state index >= 15 is 0 Å². The standard InChI is InChI=1S/C26H29N3O3S/c30-26(29-16-4-1-5-17-29)24-19-22(11-13-25(24)28-14-6-7-15-28)27-33(31,32)23-12-10-20-8-2-3-9-21(20)18-23/h2-3,8-13,18-19,27H,1,4-7,14-17H2. The quantitative estimate of drug-likeness (QED) is 0.586. The molecular weight excluding hydrogens is 434 g/mol. The Labute approximate surface area is 195 Å². The number of sulfonamides is 1. The summed E-state index contributed by atoms with van der Waals surface area (Å²) in [6.45, 7) is 3.35. The van der Waals surface area contributed by atoms with Gasteiger partial charge in [-0.25, -0.2) is 8.42 Å². The fraction of sp³-hybridized carbons (Fsp3) is 0.346. The molecule has 1 amide bonds. The number of carbonyl (C=O) groups excluding carboxylic acids is 1. The molecule has 2 heterocycles. The molecule has 0 saturated carbocycles. The van der Waals surface area contributed by atoms with Crippen LogP contribution in [0.3, 0.4) is 0 Å². The third-order valence-electron chi connectivity index (χ3n) is 6.60. The summed E-state index contributed by atoms with van der Waals surface area (Å²) in [5.74, 6) is -0.0108. The van der Waals surface area contributed by atoms with Crippen LogP contribution >= 0.6 is 0 Å². The van der Waals surface area contributed by atoms with Crippen molar-refractivity contribution in [1.82, 2.24) is 4.90 Å². The minimum Gasteiger partial charge on any atom is -0.371 e. The maximum absolute atomic E-state index is 13.4. The molecule has 2 fully saturated rings. The summed E-state index contributed by atoms with van der Waals surface area (Å²) in [6, 6.07) is 18.1. The van der Waals surface area contributed by atoms with Crippen molar-refractivity contribution in [3.63, 3.8) is 0 Å². The van der Waals surface area contributed by atoms with Gasteiger partial charge in [0.15, 0.2) is 0 Å². The lowest BCUT2D eigenvalue weighted by Gasteiger charge is -2.29. The minimum atomic E-state index is -3.79. The van der Waals surface area contributed by atoms with Crippen molar-refractivity contribution in [1.29, 1.82) is 0 Å². The molecule has 7 heteroatoms. The van der Waals surface area contributed by atoms with Crippen LogP contribution in [-0.4, -0.2) is 45.4 Å². The third kappa shape index (κ3) is 4.55. The molecule has 0 bridgehead atoms. The zero-order chi connectivity index (χ0) is 22.8. The van der Waals surface area contributed by atoms with E-state index in [0.29, 0.717) is 11.3 Å². The Morgan fingerprint density at radius 1 is 0.758 bits per heavy atom. The van der Waals surface area contributed by atoms with Gasteiger partial charge in [-0.05, 0) is 73.2 Å². The number of rotatable bonds is 5. The number of benzene rings is 3. The first kappa shape index (κ1) is 21.8. The Bertz CT molecular complexity index is 1280. The highest BCUT2D eigenvalue weighted by atomic mass is 32.2. The molecule has 2 aliphatic rings. The van der Waals surface area contributed by atoms with Crippen molar-refractivity contribution in [2.45, 2.75) is 37.0 Å². The zero-order valence-corrected chi connectivity index (χ0v) is 19.5. The van der Waals surface area contributed by atoms with E-state index in [1.54, 1.807) is 24.3 Å². The SMILES string of the molecule is O=C(c1cc(NS(=O)(=O)c2ccc3ccccc3c2)ccc1N1CCCC1)N1CCCCC1. The molecule has 6 nitrogen and oxygen atoms in total. The Kier molecular flexibility index (Phi) is 5.98. The molecule has 33 heavy (non-hydrogen) atoms. The van der Waals surface area contributed by atoms with Gasteiger partial charge in [0, 0.05) is 37.6 Å². The maximum atomic E-state index is 13.4. The summed E-state index contributed by atoms with van der Waals surface area (Å²) in [5.41, 5.74) is 1.89. The van der Waals surface area contributed by atoms with E-state index in [-0.39, 0.29) is 10.8 Å². The van der Waals surface area contributed by atoms with E-state index in [0.717, 1.165) is 74.7 Å². The summed E-state index contributed by atoms with van der Waals surface area (Å²) in [7, 11) is -3.79. The van der Waals surface area contributed by atoms with Gasteiger partial charge >= 0.3 is 0 Å². The van der Waals surface area contributed by atoms with Gasteiger partial charge in [-0.1, -0.05) is 30.3 Å². The predicted octanol–water partition coefficient (Wildman–Crippen LogP) is 4.87. The molecule has 0 aliphatic carbocycles. The molecule has 3 aromatic rings. The molecule has 2 aliphatic heterocycles. The second-order valence-electron chi connectivity index (χ2n) is 8.89. The number of hydrogen-bond donors (Lipinski definition) is 1. The van der Waals surface area contributed by atoms with E-state index in [1.165, 1.54) is 0 Å². The van der Waals surface area contributed by atoms with Gasteiger partial charge in [0.2, 0.25) is 0 Å². The molecular formula is C26H29N3O3S. The van der Waals surface area contributed by atoms with Gasteiger partial charge in [-0.2, -0.15) is 0 Å². The molecule has 3 aromatic carbocycles. The van der Waals surface area contributed by atoms with Crippen LogP contribution in [-0.2, 0) is 10.0 Å². The average Bonchev–Trinajstić information content (AvgIpc) is 3.38. The largest absolute Gasteiger partial charge is 0.371 e. The number of fused-ring (bicyclic) bond motifs is 1. The first-order valence-electron chi connectivity index (χ1n) is 11.7. The van der Waals surface area contributed by atoms with Gasteiger partial charge in [-0.3, -0.25) is 9.52 Å². The second-order valence-corrected chi connectivity index (χ2v) is 10.6. The van der Waals surface area contributed by atoms with Crippen molar-refractivity contribution < 1.29 is 13.2 Å². The highest BCUT2D eigenvalue weighted by Gasteiger charge is 2.25. The topological polar surface area (TPSA) is 69.7 Å². The first-order valence-corrected chi connectivity index (χ1v) is 13.2. The number of nitrogens with zero attached hydrogens (tertiary/aromatic N) is 2.